The maximum Gasteiger partial charge on any atom is 0.306 e. The molecule has 1 saturated carbocycles. The van der Waals surface area contributed by atoms with Crippen molar-refractivity contribution in [1.29, 1.82) is 0 Å². The zero-order valence-electron chi connectivity index (χ0n) is 11.6. The van der Waals surface area contributed by atoms with Gasteiger partial charge in [0.25, 0.3) is 0 Å². The van der Waals surface area contributed by atoms with Crippen LogP contribution in [-0.2, 0) is 11.2 Å². The Balaban J connectivity index is 2.18. The third-order valence-electron chi connectivity index (χ3n) is 4.48. The minimum atomic E-state index is -0.678. The zero-order chi connectivity index (χ0) is 14.7. The Bertz CT molecular complexity index is 487. The predicted octanol–water partition coefficient (Wildman–Crippen LogP) is 5.06. The van der Waals surface area contributed by atoms with Crippen molar-refractivity contribution >= 4 is 29.2 Å². The Kier molecular flexibility index (Phi) is 5.34. The van der Waals surface area contributed by atoms with Crippen LogP contribution in [-0.4, -0.2) is 11.1 Å². The number of hydrogen-bond acceptors (Lipinski definition) is 1. The molecule has 1 aliphatic rings. The highest BCUT2D eigenvalue weighted by molar-refractivity contribution is 6.33. The van der Waals surface area contributed by atoms with Crippen molar-refractivity contribution in [2.75, 3.05) is 0 Å². The molecule has 0 aliphatic heterocycles. The van der Waals surface area contributed by atoms with E-state index in [9.17, 15) is 9.90 Å². The minimum absolute atomic E-state index is 0.155. The average molecular weight is 315 g/mol. The topological polar surface area (TPSA) is 37.3 Å². The molecule has 0 spiro atoms. The van der Waals surface area contributed by atoms with Gasteiger partial charge in [-0.15, -0.1) is 0 Å². The van der Waals surface area contributed by atoms with Crippen molar-refractivity contribution < 1.29 is 9.90 Å². The Morgan fingerprint density at radius 3 is 2.75 bits per heavy atom. The number of rotatable bonds is 4. The van der Waals surface area contributed by atoms with Crippen LogP contribution in [0.15, 0.2) is 18.2 Å². The van der Waals surface area contributed by atoms with Crippen LogP contribution in [0, 0.1) is 17.8 Å². The molecule has 0 radical (unpaired) electrons. The summed E-state index contributed by atoms with van der Waals surface area (Å²) in [5, 5.41) is 10.7. The molecule has 1 N–H and O–H groups in total. The smallest absolute Gasteiger partial charge is 0.306 e. The Morgan fingerprint density at radius 2 is 2.10 bits per heavy atom. The second-order valence-corrected chi connectivity index (χ2v) is 6.58. The van der Waals surface area contributed by atoms with Crippen LogP contribution in [0.1, 0.15) is 38.2 Å². The van der Waals surface area contributed by atoms with Crippen molar-refractivity contribution in [3.05, 3.63) is 33.8 Å². The van der Waals surface area contributed by atoms with Gasteiger partial charge in [0.1, 0.15) is 0 Å². The van der Waals surface area contributed by atoms with Gasteiger partial charge in [0.05, 0.1) is 5.92 Å². The second kappa shape index (κ2) is 6.82. The largest absolute Gasteiger partial charge is 0.481 e. The van der Waals surface area contributed by atoms with Crippen LogP contribution >= 0.6 is 23.2 Å². The Morgan fingerprint density at radius 1 is 1.35 bits per heavy atom. The summed E-state index contributed by atoms with van der Waals surface area (Å²) in [6.45, 7) is 2.18. The minimum Gasteiger partial charge on any atom is -0.481 e. The highest BCUT2D eigenvalue weighted by Crippen LogP contribution is 2.38. The maximum atomic E-state index is 11.4. The van der Waals surface area contributed by atoms with Crippen LogP contribution < -0.4 is 0 Å². The maximum absolute atomic E-state index is 11.4. The van der Waals surface area contributed by atoms with Crippen LogP contribution in [0.2, 0.25) is 10.0 Å². The van der Waals surface area contributed by atoms with E-state index in [1.54, 1.807) is 12.1 Å². The molecule has 110 valence electrons. The molecule has 1 aromatic rings. The summed E-state index contributed by atoms with van der Waals surface area (Å²) in [5.41, 5.74) is 0.965. The van der Waals surface area contributed by atoms with Gasteiger partial charge in [-0.1, -0.05) is 36.5 Å². The van der Waals surface area contributed by atoms with E-state index in [-0.39, 0.29) is 11.8 Å². The summed E-state index contributed by atoms with van der Waals surface area (Å²) in [5.74, 6) is -0.147. The molecule has 20 heavy (non-hydrogen) atoms. The molecular weight excluding hydrogens is 295 g/mol. The van der Waals surface area contributed by atoms with Gasteiger partial charge in [0, 0.05) is 10.0 Å². The number of aliphatic carboxylic acids is 1. The molecule has 4 heteroatoms. The van der Waals surface area contributed by atoms with Crippen molar-refractivity contribution in [1.82, 2.24) is 0 Å². The summed E-state index contributed by atoms with van der Waals surface area (Å²) >= 11 is 12.2. The lowest BCUT2D eigenvalue weighted by atomic mass is 9.71. The second-order valence-electron chi connectivity index (χ2n) is 5.73. The fraction of sp³-hybridized carbons (Fsp3) is 0.562. The Labute approximate surface area is 130 Å². The number of halogens is 2. The van der Waals surface area contributed by atoms with E-state index in [1.807, 2.05) is 6.07 Å². The van der Waals surface area contributed by atoms with E-state index in [0.717, 1.165) is 31.2 Å². The molecule has 0 aromatic heterocycles. The molecule has 0 heterocycles. The molecule has 2 rings (SSSR count). The molecule has 0 bridgehead atoms. The van der Waals surface area contributed by atoms with Crippen LogP contribution in [0.25, 0.3) is 0 Å². The molecule has 1 fully saturated rings. The van der Waals surface area contributed by atoms with Gasteiger partial charge in [-0.25, -0.2) is 0 Å². The fourth-order valence-corrected chi connectivity index (χ4v) is 3.65. The summed E-state index contributed by atoms with van der Waals surface area (Å²) in [7, 11) is 0. The van der Waals surface area contributed by atoms with Gasteiger partial charge >= 0.3 is 5.97 Å². The quantitative estimate of drug-likeness (QED) is 0.843. The summed E-state index contributed by atoms with van der Waals surface area (Å²) in [4.78, 5) is 11.4. The summed E-state index contributed by atoms with van der Waals surface area (Å²) < 4.78 is 0. The Hall–Kier alpha value is -0.730. The monoisotopic (exact) mass is 314 g/mol. The van der Waals surface area contributed by atoms with Gasteiger partial charge in [-0.05, 0) is 61.3 Å². The van der Waals surface area contributed by atoms with E-state index in [2.05, 4.69) is 6.92 Å². The van der Waals surface area contributed by atoms with Crippen molar-refractivity contribution in [3.63, 3.8) is 0 Å². The zero-order valence-corrected chi connectivity index (χ0v) is 13.1. The molecule has 1 aliphatic carbocycles. The highest BCUT2D eigenvalue weighted by atomic mass is 35.5. The predicted molar refractivity (Wildman–Crippen MR) is 82.4 cm³/mol. The average Bonchev–Trinajstić information content (AvgIpc) is 2.42. The van der Waals surface area contributed by atoms with Crippen LogP contribution in [0.4, 0.5) is 0 Å². The first kappa shape index (κ1) is 15.7. The van der Waals surface area contributed by atoms with Gasteiger partial charge in [0.15, 0.2) is 0 Å². The van der Waals surface area contributed by atoms with Crippen molar-refractivity contribution in [2.45, 2.75) is 39.0 Å². The number of carbonyl (C=O) groups is 1. The normalized spacial score (nSPS) is 26.4. The molecule has 0 saturated heterocycles. The lowest BCUT2D eigenvalue weighted by Gasteiger charge is -2.34. The number of carboxylic acids is 1. The lowest BCUT2D eigenvalue weighted by Crippen LogP contribution is -2.32. The standard InChI is InChI=1S/C16H20Cl2O2/c1-2-10-3-5-14(16(19)20)11(7-10)8-12-9-13(17)4-6-15(12)18/h4,6,9-11,14H,2-3,5,7-8H2,1H3,(H,19,20). The number of benzene rings is 1. The molecule has 3 atom stereocenters. The third kappa shape index (κ3) is 3.67. The van der Waals surface area contributed by atoms with Crippen molar-refractivity contribution in [3.8, 4) is 0 Å². The van der Waals surface area contributed by atoms with Gasteiger partial charge in [0.2, 0.25) is 0 Å². The number of carboxylic acid groups (broad SMARTS) is 1. The first-order valence-electron chi connectivity index (χ1n) is 7.18. The highest BCUT2D eigenvalue weighted by Gasteiger charge is 2.34. The fourth-order valence-electron chi connectivity index (χ4n) is 3.26. The van der Waals surface area contributed by atoms with E-state index >= 15 is 0 Å². The van der Waals surface area contributed by atoms with Crippen molar-refractivity contribution in [2.24, 2.45) is 17.8 Å². The third-order valence-corrected chi connectivity index (χ3v) is 5.08. The molecule has 1 aromatic carbocycles. The first-order chi connectivity index (χ1) is 9.51. The summed E-state index contributed by atoms with van der Waals surface area (Å²) in [6.07, 6.45) is 4.58. The SMILES string of the molecule is CCC1CCC(C(=O)O)C(Cc2cc(Cl)ccc2Cl)C1. The molecule has 0 amide bonds. The number of hydrogen-bond donors (Lipinski definition) is 1. The first-order valence-corrected chi connectivity index (χ1v) is 7.93. The van der Waals surface area contributed by atoms with Gasteiger partial charge < -0.3 is 5.11 Å². The van der Waals surface area contributed by atoms with Gasteiger partial charge in [-0.2, -0.15) is 0 Å². The molecular formula is C16H20Cl2O2. The van der Waals surface area contributed by atoms with E-state index < -0.39 is 5.97 Å². The van der Waals surface area contributed by atoms with Gasteiger partial charge in [-0.3, -0.25) is 4.79 Å². The molecule has 3 unspecified atom stereocenters. The van der Waals surface area contributed by atoms with Crippen LogP contribution in [0.3, 0.4) is 0 Å². The molecule has 2 nitrogen and oxygen atoms in total. The van der Waals surface area contributed by atoms with Crippen LogP contribution in [0.5, 0.6) is 0 Å². The summed E-state index contributed by atoms with van der Waals surface area (Å²) in [6, 6.07) is 5.41. The lowest BCUT2D eigenvalue weighted by molar-refractivity contribution is -0.145. The van der Waals surface area contributed by atoms with E-state index in [4.69, 9.17) is 23.2 Å². The van der Waals surface area contributed by atoms with E-state index in [1.165, 1.54) is 0 Å². The van der Waals surface area contributed by atoms with E-state index in [0.29, 0.717) is 22.4 Å².